The zero-order valence-electron chi connectivity index (χ0n) is 26.3. The lowest BCUT2D eigenvalue weighted by molar-refractivity contribution is 0.670. The summed E-state index contributed by atoms with van der Waals surface area (Å²) in [7, 11) is 0. The van der Waals surface area contributed by atoms with Crippen molar-refractivity contribution in [3.8, 4) is 33.4 Å². The predicted octanol–water partition coefficient (Wildman–Crippen LogP) is 13.2. The Morgan fingerprint density at radius 2 is 0.875 bits per heavy atom. The molecule has 1 heterocycles. The van der Waals surface area contributed by atoms with Crippen LogP contribution in [0.3, 0.4) is 0 Å². The SMILES string of the molecule is c1ccc(-c2ccc(N(c3ccc(-c4ccccc4-c4cccc5c4oc4ccccc45)cc3)c3cccc4ccccc34)cc2)cc1. The van der Waals surface area contributed by atoms with Crippen LogP contribution in [0.4, 0.5) is 17.1 Å². The van der Waals surface area contributed by atoms with E-state index in [1.165, 1.54) is 27.5 Å². The molecule has 0 amide bonds. The highest BCUT2D eigenvalue weighted by molar-refractivity contribution is 6.10. The van der Waals surface area contributed by atoms with Gasteiger partial charge in [-0.25, -0.2) is 0 Å². The Kier molecular flexibility index (Phi) is 6.84. The first-order chi connectivity index (χ1) is 23.8. The summed E-state index contributed by atoms with van der Waals surface area (Å²) in [4.78, 5) is 2.36. The van der Waals surface area contributed by atoms with Gasteiger partial charge in [0.05, 0.1) is 5.69 Å². The molecule has 1 aromatic heterocycles. The van der Waals surface area contributed by atoms with E-state index in [-0.39, 0.29) is 0 Å². The van der Waals surface area contributed by atoms with Crippen molar-refractivity contribution in [3.63, 3.8) is 0 Å². The summed E-state index contributed by atoms with van der Waals surface area (Å²) in [5.74, 6) is 0. The van der Waals surface area contributed by atoms with E-state index in [0.717, 1.165) is 55.7 Å². The summed E-state index contributed by atoms with van der Waals surface area (Å²) in [5.41, 5.74) is 12.2. The molecular weight excluding hydrogens is 583 g/mol. The van der Waals surface area contributed by atoms with Crippen LogP contribution in [-0.2, 0) is 0 Å². The molecule has 0 N–H and O–H groups in total. The van der Waals surface area contributed by atoms with Gasteiger partial charge in [-0.2, -0.15) is 0 Å². The molecular formula is C46H31NO. The maximum Gasteiger partial charge on any atom is 0.143 e. The van der Waals surface area contributed by atoms with Crippen LogP contribution >= 0.6 is 0 Å². The summed E-state index contributed by atoms with van der Waals surface area (Å²) in [6.45, 7) is 0. The summed E-state index contributed by atoms with van der Waals surface area (Å²) in [6.07, 6.45) is 0. The number of para-hydroxylation sites is 2. The van der Waals surface area contributed by atoms with Crippen molar-refractivity contribution in [3.05, 3.63) is 188 Å². The maximum absolute atomic E-state index is 6.44. The number of rotatable bonds is 6. The Hall–Kier alpha value is -6.38. The summed E-state index contributed by atoms with van der Waals surface area (Å²) < 4.78 is 6.44. The molecule has 226 valence electrons. The van der Waals surface area contributed by atoms with Crippen LogP contribution in [-0.4, -0.2) is 0 Å². The van der Waals surface area contributed by atoms with Gasteiger partial charge in [0.2, 0.25) is 0 Å². The number of anilines is 3. The molecule has 0 atom stereocenters. The van der Waals surface area contributed by atoms with Crippen LogP contribution in [0.25, 0.3) is 66.1 Å². The fourth-order valence-corrected chi connectivity index (χ4v) is 6.98. The van der Waals surface area contributed by atoms with Crippen LogP contribution in [0.2, 0.25) is 0 Å². The predicted molar refractivity (Wildman–Crippen MR) is 202 cm³/mol. The van der Waals surface area contributed by atoms with Gasteiger partial charge in [-0.15, -0.1) is 0 Å². The fraction of sp³-hybridized carbons (Fsp3) is 0. The van der Waals surface area contributed by atoms with Gasteiger partial charge < -0.3 is 9.32 Å². The lowest BCUT2D eigenvalue weighted by Crippen LogP contribution is -2.10. The first-order valence-corrected chi connectivity index (χ1v) is 16.4. The molecule has 48 heavy (non-hydrogen) atoms. The molecule has 2 nitrogen and oxygen atoms in total. The zero-order valence-corrected chi connectivity index (χ0v) is 26.3. The quantitative estimate of drug-likeness (QED) is 0.185. The molecule has 9 rings (SSSR count). The molecule has 0 aliphatic rings. The minimum atomic E-state index is 0.909. The van der Waals surface area contributed by atoms with Crippen LogP contribution in [0, 0.1) is 0 Å². The average molecular weight is 614 g/mol. The van der Waals surface area contributed by atoms with Gasteiger partial charge in [-0.1, -0.05) is 152 Å². The van der Waals surface area contributed by atoms with E-state index in [1.807, 2.05) is 12.1 Å². The molecule has 8 aromatic carbocycles. The highest BCUT2D eigenvalue weighted by Crippen LogP contribution is 2.42. The average Bonchev–Trinajstić information content (AvgIpc) is 3.55. The number of hydrogen-bond donors (Lipinski definition) is 0. The molecule has 9 aromatic rings. The lowest BCUT2D eigenvalue weighted by atomic mass is 9.93. The smallest absolute Gasteiger partial charge is 0.143 e. The van der Waals surface area contributed by atoms with Crippen molar-refractivity contribution in [1.82, 2.24) is 0 Å². The monoisotopic (exact) mass is 613 g/mol. The molecule has 0 unspecified atom stereocenters. The van der Waals surface area contributed by atoms with Crippen LogP contribution in [0.5, 0.6) is 0 Å². The van der Waals surface area contributed by atoms with Crippen molar-refractivity contribution >= 4 is 49.8 Å². The van der Waals surface area contributed by atoms with Gasteiger partial charge in [-0.05, 0) is 69.6 Å². The minimum absolute atomic E-state index is 0.909. The Balaban J connectivity index is 1.15. The Labute approximate surface area is 279 Å². The second-order valence-electron chi connectivity index (χ2n) is 12.1. The maximum atomic E-state index is 6.44. The molecule has 0 bridgehead atoms. The first kappa shape index (κ1) is 27.9. The van der Waals surface area contributed by atoms with Gasteiger partial charge in [0.1, 0.15) is 11.2 Å². The second kappa shape index (κ2) is 11.8. The van der Waals surface area contributed by atoms with E-state index in [9.17, 15) is 0 Å². The summed E-state index contributed by atoms with van der Waals surface area (Å²) in [6, 6.07) is 66.8. The number of nitrogens with zero attached hydrogens (tertiary/aromatic N) is 1. The Bertz CT molecular complexity index is 2540. The summed E-state index contributed by atoms with van der Waals surface area (Å²) >= 11 is 0. The third kappa shape index (κ3) is 4.83. The van der Waals surface area contributed by atoms with Crippen molar-refractivity contribution in [2.24, 2.45) is 0 Å². The highest BCUT2D eigenvalue weighted by atomic mass is 16.3. The highest BCUT2D eigenvalue weighted by Gasteiger charge is 2.18. The Morgan fingerprint density at radius 3 is 1.67 bits per heavy atom. The van der Waals surface area contributed by atoms with Crippen molar-refractivity contribution in [1.29, 1.82) is 0 Å². The number of fused-ring (bicyclic) bond motifs is 4. The molecule has 0 aliphatic carbocycles. The van der Waals surface area contributed by atoms with Crippen LogP contribution in [0.15, 0.2) is 192 Å². The molecule has 2 heteroatoms. The second-order valence-corrected chi connectivity index (χ2v) is 12.1. The van der Waals surface area contributed by atoms with Gasteiger partial charge in [-0.3, -0.25) is 0 Å². The number of hydrogen-bond acceptors (Lipinski definition) is 2. The molecule has 0 aliphatic heterocycles. The lowest BCUT2D eigenvalue weighted by Gasteiger charge is -2.27. The van der Waals surface area contributed by atoms with E-state index < -0.39 is 0 Å². The third-order valence-corrected chi connectivity index (χ3v) is 9.30. The van der Waals surface area contributed by atoms with Gasteiger partial charge >= 0.3 is 0 Å². The standard InChI is InChI=1S/C46H31NO/c1-2-12-32(13-3-1)33-24-28-36(29-25-33)47(44-22-10-15-34-14-4-5-17-39(34)44)37-30-26-35(27-31-37)38-16-6-7-18-40(38)42-20-11-21-43-41-19-8-9-23-45(41)48-46(42)43/h1-31H. The van der Waals surface area contributed by atoms with Crippen molar-refractivity contribution in [2.45, 2.75) is 0 Å². The summed E-state index contributed by atoms with van der Waals surface area (Å²) in [5, 5.41) is 4.70. The third-order valence-electron chi connectivity index (χ3n) is 9.30. The van der Waals surface area contributed by atoms with Gasteiger partial charge in [0, 0.05) is 33.1 Å². The molecule has 0 spiro atoms. The van der Waals surface area contributed by atoms with Crippen molar-refractivity contribution in [2.75, 3.05) is 4.90 Å². The fourth-order valence-electron chi connectivity index (χ4n) is 6.98. The van der Waals surface area contributed by atoms with Gasteiger partial charge in [0.15, 0.2) is 0 Å². The zero-order chi connectivity index (χ0) is 31.9. The molecule has 0 fully saturated rings. The van der Waals surface area contributed by atoms with E-state index in [2.05, 4.69) is 181 Å². The van der Waals surface area contributed by atoms with E-state index in [0.29, 0.717) is 0 Å². The van der Waals surface area contributed by atoms with Crippen molar-refractivity contribution < 1.29 is 4.42 Å². The van der Waals surface area contributed by atoms with E-state index in [1.54, 1.807) is 0 Å². The topological polar surface area (TPSA) is 16.4 Å². The van der Waals surface area contributed by atoms with E-state index >= 15 is 0 Å². The molecule has 0 saturated heterocycles. The normalized spacial score (nSPS) is 11.3. The first-order valence-electron chi connectivity index (χ1n) is 16.4. The number of furan rings is 1. The number of benzene rings is 8. The largest absolute Gasteiger partial charge is 0.455 e. The Morgan fingerprint density at radius 1 is 0.333 bits per heavy atom. The molecule has 0 radical (unpaired) electrons. The van der Waals surface area contributed by atoms with Crippen LogP contribution in [0.1, 0.15) is 0 Å². The molecule has 0 saturated carbocycles. The minimum Gasteiger partial charge on any atom is -0.455 e. The van der Waals surface area contributed by atoms with Gasteiger partial charge in [0.25, 0.3) is 0 Å². The van der Waals surface area contributed by atoms with E-state index in [4.69, 9.17) is 4.42 Å². The van der Waals surface area contributed by atoms with Crippen LogP contribution < -0.4 is 4.90 Å².